The number of anilines is 1. The van der Waals surface area contributed by atoms with Crippen LogP contribution in [-0.4, -0.2) is 79.1 Å². The first-order chi connectivity index (χ1) is 19.3. The van der Waals surface area contributed by atoms with Gasteiger partial charge in [0.1, 0.15) is 24.1 Å². The highest BCUT2D eigenvalue weighted by Gasteiger charge is 2.30. The van der Waals surface area contributed by atoms with Crippen LogP contribution in [0, 0.1) is 5.41 Å². The maximum absolute atomic E-state index is 13.6. The van der Waals surface area contributed by atoms with Crippen LogP contribution >= 0.6 is 0 Å². The molecule has 222 valence electrons. The number of aliphatic hydroxyl groups excluding tert-OH is 1. The molecule has 0 spiro atoms. The number of ether oxygens (including phenoxy) is 1. The van der Waals surface area contributed by atoms with Gasteiger partial charge in [-0.2, -0.15) is 0 Å². The molecule has 0 saturated carbocycles. The average molecular weight is 568 g/mol. The Kier molecular flexibility index (Phi) is 9.98. The second-order valence-electron chi connectivity index (χ2n) is 11.1. The standard InChI is InChI=1S/C30H41N5O6/c1-7-41-25-13-19-15-35(28(31)20(19)14-21(25)29(40)32-5)16-24(37)18-11-22(30(2,3)4)27(39)23(12-18)34(6)10-8-9-26(38)33-17-36/h11-14,31,36,39H,7-10,15-17H2,1-6H3,(H,32,40)(H,33,38). The van der Waals surface area contributed by atoms with E-state index < -0.39 is 12.1 Å². The van der Waals surface area contributed by atoms with Crippen LogP contribution in [0.2, 0.25) is 0 Å². The van der Waals surface area contributed by atoms with Crippen LogP contribution < -0.4 is 20.3 Å². The predicted octanol–water partition coefficient (Wildman–Crippen LogP) is 2.75. The molecule has 11 heteroatoms. The first-order valence-corrected chi connectivity index (χ1v) is 13.7. The van der Waals surface area contributed by atoms with Crippen LogP contribution in [0.15, 0.2) is 24.3 Å². The molecule has 0 saturated heterocycles. The van der Waals surface area contributed by atoms with Gasteiger partial charge in [-0.25, -0.2) is 0 Å². The smallest absolute Gasteiger partial charge is 0.254 e. The van der Waals surface area contributed by atoms with E-state index in [2.05, 4.69) is 10.6 Å². The van der Waals surface area contributed by atoms with Crippen molar-refractivity contribution in [3.8, 4) is 11.5 Å². The number of rotatable bonds is 12. The number of hydrogen-bond donors (Lipinski definition) is 5. The van der Waals surface area contributed by atoms with E-state index in [1.54, 1.807) is 41.1 Å². The SMILES string of the molecule is CCOc1cc2c(cc1C(=O)NC)C(=N)N(CC(=O)c1cc(N(C)CCCC(=O)NCO)c(O)c(C(C)(C)C)c1)C2. The number of phenolic OH excluding ortho intramolecular Hbond substituents is 1. The quantitative estimate of drug-likeness (QED) is 0.194. The van der Waals surface area contributed by atoms with Gasteiger partial charge in [0.25, 0.3) is 5.91 Å². The first-order valence-electron chi connectivity index (χ1n) is 13.7. The fraction of sp³-hybridized carbons (Fsp3) is 0.467. The monoisotopic (exact) mass is 567 g/mol. The Morgan fingerprint density at radius 3 is 2.49 bits per heavy atom. The number of carbonyl (C=O) groups is 3. The van der Waals surface area contributed by atoms with Gasteiger partial charge in [0.05, 0.1) is 24.4 Å². The van der Waals surface area contributed by atoms with Crippen LogP contribution in [-0.2, 0) is 16.8 Å². The first kappa shape index (κ1) is 31.4. The molecule has 0 bridgehead atoms. The molecule has 2 aromatic rings. The minimum absolute atomic E-state index is 0.0639. The molecular weight excluding hydrogens is 526 g/mol. The zero-order valence-electron chi connectivity index (χ0n) is 24.7. The molecule has 11 nitrogen and oxygen atoms in total. The maximum atomic E-state index is 13.6. The van der Waals surface area contributed by atoms with Gasteiger partial charge in [0.2, 0.25) is 5.91 Å². The second kappa shape index (κ2) is 13.0. The molecule has 2 aromatic carbocycles. The summed E-state index contributed by atoms with van der Waals surface area (Å²) in [5.74, 6) is -0.155. The Bertz CT molecular complexity index is 1330. The van der Waals surface area contributed by atoms with E-state index in [0.29, 0.717) is 59.8 Å². The normalized spacial score (nSPS) is 12.7. The summed E-state index contributed by atoms with van der Waals surface area (Å²) in [6.07, 6.45) is 0.691. The Labute approximate surface area is 241 Å². The van der Waals surface area contributed by atoms with Gasteiger partial charge in [-0.05, 0) is 48.6 Å². The molecule has 1 aliphatic rings. The number of aliphatic hydroxyl groups is 1. The lowest BCUT2D eigenvalue weighted by Crippen LogP contribution is -2.31. The maximum Gasteiger partial charge on any atom is 0.254 e. The molecule has 1 heterocycles. The molecule has 3 rings (SSSR count). The number of amides is 2. The lowest BCUT2D eigenvalue weighted by atomic mass is 9.84. The number of fused-ring (bicyclic) bond motifs is 1. The number of ketones is 1. The van der Waals surface area contributed by atoms with E-state index in [-0.39, 0.29) is 42.1 Å². The molecule has 5 N–H and O–H groups in total. The fourth-order valence-electron chi connectivity index (χ4n) is 4.83. The largest absolute Gasteiger partial charge is 0.505 e. The third-order valence-corrected chi connectivity index (χ3v) is 7.05. The number of hydrogen-bond acceptors (Lipinski definition) is 8. The summed E-state index contributed by atoms with van der Waals surface area (Å²) in [6, 6.07) is 6.74. The summed E-state index contributed by atoms with van der Waals surface area (Å²) in [4.78, 5) is 41.2. The van der Waals surface area contributed by atoms with E-state index in [1.165, 1.54) is 7.05 Å². The summed E-state index contributed by atoms with van der Waals surface area (Å²) in [6.45, 7) is 8.34. The summed E-state index contributed by atoms with van der Waals surface area (Å²) in [7, 11) is 3.32. The Morgan fingerprint density at radius 2 is 1.88 bits per heavy atom. The third-order valence-electron chi connectivity index (χ3n) is 7.05. The lowest BCUT2D eigenvalue weighted by molar-refractivity contribution is -0.122. The third kappa shape index (κ3) is 7.15. The van der Waals surface area contributed by atoms with Crippen molar-refractivity contribution in [1.29, 1.82) is 5.41 Å². The molecular formula is C30H41N5O6. The molecule has 2 amide bonds. The fourth-order valence-corrected chi connectivity index (χ4v) is 4.83. The van der Waals surface area contributed by atoms with E-state index in [4.69, 9.17) is 15.3 Å². The topological polar surface area (TPSA) is 155 Å². The van der Waals surface area contributed by atoms with Gasteiger partial charge in [-0.15, -0.1) is 0 Å². The van der Waals surface area contributed by atoms with Crippen LogP contribution in [0.1, 0.15) is 77.9 Å². The van der Waals surface area contributed by atoms with Gasteiger partial charge in [0, 0.05) is 50.3 Å². The van der Waals surface area contributed by atoms with E-state index in [0.717, 1.165) is 5.56 Å². The van der Waals surface area contributed by atoms with Crippen molar-refractivity contribution in [3.05, 3.63) is 52.1 Å². The zero-order chi connectivity index (χ0) is 30.5. The number of carbonyl (C=O) groups excluding carboxylic acids is 3. The molecule has 0 radical (unpaired) electrons. The molecule has 0 atom stereocenters. The Morgan fingerprint density at radius 1 is 1.17 bits per heavy atom. The zero-order valence-corrected chi connectivity index (χ0v) is 24.7. The number of nitrogens with zero attached hydrogens (tertiary/aromatic N) is 2. The molecule has 1 aliphatic heterocycles. The summed E-state index contributed by atoms with van der Waals surface area (Å²) >= 11 is 0. The summed E-state index contributed by atoms with van der Waals surface area (Å²) in [5, 5.41) is 33.7. The molecule has 0 aliphatic carbocycles. The molecule has 0 unspecified atom stereocenters. The van der Waals surface area contributed by atoms with Gasteiger partial charge in [-0.3, -0.25) is 19.8 Å². The minimum Gasteiger partial charge on any atom is -0.505 e. The van der Waals surface area contributed by atoms with Crippen LogP contribution in [0.3, 0.4) is 0 Å². The van der Waals surface area contributed by atoms with E-state index >= 15 is 0 Å². The highest BCUT2D eigenvalue weighted by atomic mass is 16.5. The lowest BCUT2D eigenvalue weighted by Gasteiger charge is -2.27. The average Bonchev–Trinajstić information content (AvgIpc) is 3.21. The number of nitrogens with one attached hydrogen (secondary N) is 3. The van der Waals surface area contributed by atoms with Crippen molar-refractivity contribution in [2.45, 2.75) is 52.5 Å². The molecule has 0 fully saturated rings. The van der Waals surface area contributed by atoms with Crippen molar-refractivity contribution in [3.63, 3.8) is 0 Å². The summed E-state index contributed by atoms with van der Waals surface area (Å²) < 4.78 is 5.67. The van der Waals surface area contributed by atoms with Crippen molar-refractivity contribution in [1.82, 2.24) is 15.5 Å². The molecule has 41 heavy (non-hydrogen) atoms. The van der Waals surface area contributed by atoms with Crippen molar-refractivity contribution >= 4 is 29.1 Å². The van der Waals surface area contributed by atoms with Gasteiger partial charge in [-0.1, -0.05) is 20.8 Å². The minimum atomic E-state index is -0.459. The van der Waals surface area contributed by atoms with Crippen molar-refractivity contribution in [2.75, 3.05) is 45.4 Å². The number of Topliss-reactive ketones (excluding diaryl/α,β-unsaturated/α-hetero) is 1. The second-order valence-corrected chi connectivity index (χ2v) is 11.1. The highest BCUT2D eigenvalue weighted by molar-refractivity contribution is 6.08. The Hall–Kier alpha value is -4.12. The summed E-state index contributed by atoms with van der Waals surface area (Å²) in [5.41, 5.74) is 2.73. The van der Waals surface area contributed by atoms with Crippen molar-refractivity contribution < 1.29 is 29.3 Å². The predicted molar refractivity (Wildman–Crippen MR) is 157 cm³/mol. The van der Waals surface area contributed by atoms with Gasteiger partial charge < -0.3 is 35.4 Å². The number of amidine groups is 1. The molecule has 0 aromatic heterocycles. The number of benzene rings is 2. The van der Waals surface area contributed by atoms with E-state index in [9.17, 15) is 19.5 Å². The van der Waals surface area contributed by atoms with E-state index in [1.807, 2.05) is 27.7 Å². The number of aromatic hydroxyl groups is 1. The highest BCUT2D eigenvalue weighted by Crippen LogP contribution is 2.39. The van der Waals surface area contributed by atoms with Crippen LogP contribution in [0.5, 0.6) is 11.5 Å². The van der Waals surface area contributed by atoms with Gasteiger partial charge >= 0.3 is 0 Å². The van der Waals surface area contributed by atoms with Crippen LogP contribution in [0.4, 0.5) is 5.69 Å². The number of phenols is 1. The van der Waals surface area contributed by atoms with Crippen LogP contribution in [0.25, 0.3) is 0 Å². The van der Waals surface area contributed by atoms with Gasteiger partial charge in [0.15, 0.2) is 5.78 Å². The Balaban J connectivity index is 1.87. The van der Waals surface area contributed by atoms with Crippen molar-refractivity contribution in [2.24, 2.45) is 0 Å².